The Morgan fingerprint density at radius 1 is 1.26 bits per heavy atom. The lowest BCUT2D eigenvalue weighted by molar-refractivity contribution is -0.118. The van der Waals surface area contributed by atoms with Crippen LogP contribution in [0.2, 0.25) is 0 Å². The standard InChI is InChI=1S/C13H20N4OS/c1-5-11(6-2)16-17-12(18)8-19-13-14-9(3)7-10(4)15-13/h7H,5-6,8H2,1-4H3,(H,17,18). The normalized spacial score (nSPS) is 10.1. The lowest BCUT2D eigenvalue weighted by Crippen LogP contribution is -2.21. The molecule has 1 N–H and O–H groups in total. The summed E-state index contributed by atoms with van der Waals surface area (Å²) in [7, 11) is 0. The smallest absolute Gasteiger partial charge is 0.250 e. The number of rotatable bonds is 6. The van der Waals surface area contributed by atoms with Gasteiger partial charge in [0.05, 0.1) is 5.75 Å². The maximum atomic E-state index is 11.6. The van der Waals surface area contributed by atoms with E-state index < -0.39 is 0 Å². The topological polar surface area (TPSA) is 67.2 Å². The van der Waals surface area contributed by atoms with Gasteiger partial charge in [-0.05, 0) is 32.8 Å². The molecular weight excluding hydrogens is 260 g/mol. The Bertz CT molecular complexity index is 447. The summed E-state index contributed by atoms with van der Waals surface area (Å²) in [6.07, 6.45) is 1.70. The van der Waals surface area contributed by atoms with Gasteiger partial charge in [0.25, 0.3) is 5.91 Å². The van der Waals surface area contributed by atoms with Crippen LogP contribution >= 0.6 is 11.8 Å². The molecule has 0 fully saturated rings. The fourth-order valence-electron chi connectivity index (χ4n) is 1.47. The number of thioether (sulfide) groups is 1. The molecule has 0 unspecified atom stereocenters. The van der Waals surface area contributed by atoms with Crippen molar-refractivity contribution in [3.05, 3.63) is 17.5 Å². The van der Waals surface area contributed by atoms with Crippen molar-refractivity contribution in [3.63, 3.8) is 0 Å². The Labute approximate surface area is 118 Å². The molecule has 0 spiro atoms. The first-order valence-corrected chi connectivity index (χ1v) is 7.33. The van der Waals surface area contributed by atoms with Crippen LogP contribution in [0.5, 0.6) is 0 Å². The summed E-state index contributed by atoms with van der Waals surface area (Å²) in [6, 6.07) is 1.91. The molecule has 0 aliphatic rings. The number of carbonyl (C=O) groups excluding carboxylic acids is 1. The maximum absolute atomic E-state index is 11.6. The number of aromatic nitrogens is 2. The largest absolute Gasteiger partial charge is 0.272 e. The van der Waals surface area contributed by atoms with Crippen molar-refractivity contribution in [1.82, 2.24) is 15.4 Å². The summed E-state index contributed by atoms with van der Waals surface area (Å²) in [6.45, 7) is 7.87. The van der Waals surface area contributed by atoms with Crippen LogP contribution in [0.4, 0.5) is 0 Å². The fourth-order valence-corrected chi connectivity index (χ4v) is 2.21. The Kier molecular flexibility index (Phi) is 6.49. The van der Waals surface area contributed by atoms with Gasteiger partial charge in [0.15, 0.2) is 5.16 Å². The summed E-state index contributed by atoms with van der Waals surface area (Å²) in [5.41, 5.74) is 5.36. The van der Waals surface area contributed by atoms with Crippen LogP contribution in [0, 0.1) is 13.8 Å². The lowest BCUT2D eigenvalue weighted by atomic mass is 10.2. The summed E-state index contributed by atoms with van der Waals surface area (Å²) < 4.78 is 0. The van der Waals surface area contributed by atoms with Gasteiger partial charge in [0.1, 0.15) is 0 Å². The van der Waals surface area contributed by atoms with Gasteiger partial charge < -0.3 is 0 Å². The molecule has 0 atom stereocenters. The molecule has 0 bridgehead atoms. The van der Waals surface area contributed by atoms with E-state index in [1.165, 1.54) is 11.8 Å². The Morgan fingerprint density at radius 2 is 1.84 bits per heavy atom. The van der Waals surface area contributed by atoms with E-state index in [0.717, 1.165) is 29.9 Å². The first-order valence-electron chi connectivity index (χ1n) is 6.34. The Morgan fingerprint density at radius 3 is 2.37 bits per heavy atom. The third-order valence-corrected chi connectivity index (χ3v) is 3.30. The quantitative estimate of drug-likeness (QED) is 0.376. The van der Waals surface area contributed by atoms with Gasteiger partial charge in [-0.15, -0.1) is 0 Å². The minimum absolute atomic E-state index is 0.132. The van der Waals surface area contributed by atoms with Crippen LogP contribution in [0.1, 0.15) is 38.1 Å². The number of amides is 1. The molecule has 19 heavy (non-hydrogen) atoms. The van der Waals surface area contributed by atoms with Gasteiger partial charge in [-0.2, -0.15) is 5.10 Å². The highest BCUT2D eigenvalue weighted by molar-refractivity contribution is 7.99. The average Bonchev–Trinajstić information content (AvgIpc) is 2.36. The fraction of sp³-hybridized carbons (Fsp3) is 0.538. The van der Waals surface area contributed by atoms with E-state index in [4.69, 9.17) is 0 Å². The molecule has 0 aliphatic heterocycles. The molecule has 5 nitrogen and oxygen atoms in total. The second-order valence-electron chi connectivity index (χ2n) is 4.14. The lowest BCUT2D eigenvalue weighted by Gasteiger charge is -2.03. The Balaban J connectivity index is 2.48. The summed E-state index contributed by atoms with van der Waals surface area (Å²) in [5.74, 6) is 0.139. The molecule has 1 aromatic heterocycles. The van der Waals surface area contributed by atoms with E-state index >= 15 is 0 Å². The third-order valence-electron chi connectivity index (χ3n) is 2.45. The molecular formula is C13H20N4OS. The molecule has 0 saturated carbocycles. The molecule has 0 radical (unpaired) electrons. The number of hydrogen-bond acceptors (Lipinski definition) is 5. The number of hydrazone groups is 1. The minimum Gasteiger partial charge on any atom is -0.272 e. The van der Waals surface area contributed by atoms with Crippen LogP contribution in [0.3, 0.4) is 0 Å². The van der Waals surface area contributed by atoms with E-state index in [-0.39, 0.29) is 11.7 Å². The van der Waals surface area contributed by atoms with Gasteiger partial charge in [0, 0.05) is 17.1 Å². The molecule has 1 heterocycles. The molecule has 1 aromatic rings. The highest BCUT2D eigenvalue weighted by Crippen LogP contribution is 2.13. The number of hydrogen-bond donors (Lipinski definition) is 1. The van der Waals surface area contributed by atoms with Crippen molar-refractivity contribution in [1.29, 1.82) is 0 Å². The van der Waals surface area contributed by atoms with E-state index in [9.17, 15) is 4.79 Å². The second kappa shape index (κ2) is 7.89. The summed E-state index contributed by atoms with van der Waals surface area (Å²) in [4.78, 5) is 20.2. The van der Waals surface area contributed by atoms with Crippen molar-refractivity contribution in [3.8, 4) is 0 Å². The molecule has 0 saturated heterocycles. The molecule has 6 heteroatoms. The zero-order chi connectivity index (χ0) is 14.3. The monoisotopic (exact) mass is 280 g/mol. The molecule has 1 rings (SSSR count). The van der Waals surface area contributed by atoms with E-state index in [1.54, 1.807) is 0 Å². The van der Waals surface area contributed by atoms with E-state index in [0.29, 0.717) is 5.16 Å². The number of carbonyl (C=O) groups is 1. The average molecular weight is 280 g/mol. The van der Waals surface area contributed by atoms with Gasteiger partial charge in [-0.1, -0.05) is 25.6 Å². The number of nitrogens with zero attached hydrogens (tertiary/aromatic N) is 3. The van der Waals surface area contributed by atoms with Gasteiger partial charge in [-0.25, -0.2) is 15.4 Å². The molecule has 104 valence electrons. The second-order valence-corrected chi connectivity index (χ2v) is 5.08. The summed E-state index contributed by atoms with van der Waals surface area (Å²) in [5, 5.41) is 4.70. The minimum atomic E-state index is -0.132. The predicted molar refractivity (Wildman–Crippen MR) is 78.4 cm³/mol. The number of nitrogens with one attached hydrogen (secondary N) is 1. The van der Waals surface area contributed by atoms with Gasteiger partial charge in [-0.3, -0.25) is 4.79 Å². The number of aryl methyl sites for hydroxylation is 2. The third kappa shape index (κ3) is 5.83. The van der Waals surface area contributed by atoms with Crippen molar-refractivity contribution in [2.24, 2.45) is 5.10 Å². The van der Waals surface area contributed by atoms with Crippen LogP contribution in [0.25, 0.3) is 0 Å². The molecule has 0 aliphatic carbocycles. The first-order chi connectivity index (χ1) is 9.05. The van der Waals surface area contributed by atoms with Crippen molar-refractivity contribution >= 4 is 23.4 Å². The summed E-state index contributed by atoms with van der Waals surface area (Å²) >= 11 is 1.32. The van der Waals surface area contributed by atoms with Gasteiger partial charge >= 0.3 is 0 Å². The van der Waals surface area contributed by atoms with E-state index in [1.807, 2.05) is 33.8 Å². The first kappa shape index (κ1) is 15.6. The molecule has 0 aromatic carbocycles. The van der Waals surface area contributed by atoms with Crippen LogP contribution < -0.4 is 5.43 Å². The van der Waals surface area contributed by atoms with Crippen molar-refractivity contribution in [2.45, 2.75) is 45.7 Å². The highest BCUT2D eigenvalue weighted by Gasteiger charge is 2.05. The van der Waals surface area contributed by atoms with Crippen LogP contribution in [-0.4, -0.2) is 27.3 Å². The zero-order valence-electron chi connectivity index (χ0n) is 11.9. The van der Waals surface area contributed by atoms with Crippen LogP contribution in [0.15, 0.2) is 16.3 Å². The molecule has 1 amide bonds. The van der Waals surface area contributed by atoms with E-state index in [2.05, 4.69) is 20.5 Å². The predicted octanol–water partition coefficient (Wildman–Crippen LogP) is 2.48. The highest BCUT2D eigenvalue weighted by atomic mass is 32.2. The maximum Gasteiger partial charge on any atom is 0.250 e. The SMILES string of the molecule is CCC(CC)=NNC(=O)CSc1nc(C)cc(C)n1. The van der Waals surface area contributed by atoms with Crippen LogP contribution in [-0.2, 0) is 4.79 Å². The van der Waals surface area contributed by atoms with Crippen molar-refractivity contribution < 1.29 is 4.79 Å². The van der Waals surface area contributed by atoms with Gasteiger partial charge in [0.2, 0.25) is 0 Å². The Hall–Kier alpha value is -1.43. The van der Waals surface area contributed by atoms with Crippen molar-refractivity contribution in [2.75, 3.05) is 5.75 Å². The zero-order valence-corrected chi connectivity index (χ0v) is 12.7.